The Labute approximate surface area is 128 Å². The standard InChI is InChI=1S/C15H18N4O3/c1-10(2)8-12(15(21)22)17-14(20)13-9-16-19(18-13)11-6-4-3-5-7-11/h3-7,9-10,12H,8H2,1-2H3,(H,17,20)(H,21,22)/t12-/m1/s1. The van der Waals surface area contributed by atoms with Crippen LogP contribution in [0.15, 0.2) is 36.5 Å². The largest absolute Gasteiger partial charge is 0.480 e. The van der Waals surface area contributed by atoms with Crippen LogP contribution in [0.2, 0.25) is 0 Å². The molecule has 7 nitrogen and oxygen atoms in total. The monoisotopic (exact) mass is 302 g/mol. The van der Waals surface area contributed by atoms with Gasteiger partial charge in [-0.3, -0.25) is 4.79 Å². The van der Waals surface area contributed by atoms with Gasteiger partial charge < -0.3 is 10.4 Å². The lowest BCUT2D eigenvalue weighted by atomic mass is 10.0. The van der Waals surface area contributed by atoms with Crippen molar-refractivity contribution in [3.8, 4) is 5.69 Å². The van der Waals surface area contributed by atoms with Crippen LogP contribution in [-0.4, -0.2) is 38.0 Å². The summed E-state index contributed by atoms with van der Waals surface area (Å²) < 4.78 is 0. The molecule has 2 aromatic rings. The molecule has 0 aliphatic rings. The van der Waals surface area contributed by atoms with Gasteiger partial charge in [0.1, 0.15) is 6.04 Å². The second-order valence-corrected chi connectivity index (χ2v) is 5.35. The van der Waals surface area contributed by atoms with E-state index < -0.39 is 17.9 Å². The minimum atomic E-state index is -1.06. The summed E-state index contributed by atoms with van der Waals surface area (Å²) in [5.41, 5.74) is 0.803. The zero-order valence-electron chi connectivity index (χ0n) is 12.4. The van der Waals surface area contributed by atoms with Crippen molar-refractivity contribution in [1.82, 2.24) is 20.3 Å². The number of para-hydroxylation sites is 1. The first-order chi connectivity index (χ1) is 10.5. The van der Waals surface area contributed by atoms with Gasteiger partial charge in [-0.05, 0) is 24.5 Å². The molecule has 0 fully saturated rings. The lowest BCUT2D eigenvalue weighted by Gasteiger charge is -2.15. The molecular weight excluding hydrogens is 284 g/mol. The highest BCUT2D eigenvalue weighted by molar-refractivity contribution is 5.94. The van der Waals surface area contributed by atoms with Crippen molar-refractivity contribution in [1.29, 1.82) is 0 Å². The Morgan fingerprint density at radius 3 is 2.55 bits per heavy atom. The van der Waals surface area contributed by atoms with Crippen LogP contribution in [0, 0.1) is 5.92 Å². The molecule has 1 amide bonds. The predicted molar refractivity (Wildman–Crippen MR) is 79.7 cm³/mol. The van der Waals surface area contributed by atoms with Crippen molar-refractivity contribution in [2.24, 2.45) is 5.92 Å². The maximum Gasteiger partial charge on any atom is 0.326 e. The number of carbonyl (C=O) groups is 2. The van der Waals surface area contributed by atoms with Crippen LogP contribution >= 0.6 is 0 Å². The van der Waals surface area contributed by atoms with Crippen LogP contribution in [0.4, 0.5) is 0 Å². The number of hydrogen-bond donors (Lipinski definition) is 2. The van der Waals surface area contributed by atoms with E-state index in [9.17, 15) is 9.59 Å². The van der Waals surface area contributed by atoms with E-state index in [1.807, 2.05) is 32.0 Å². The summed E-state index contributed by atoms with van der Waals surface area (Å²) in [6.07, 6.45) is 1.67. The van der Waals surface area contributed by atoms with E-state index in [0.717, 1.165) is 5.69 Å². The summed E-state index contributed by atoms with van der Waals surface area (Å²) in [4.78, 5) is 24.6. The Morgan fingerprint density at radius 2 is 1.95 bits per heavy atom. The molecule has 2 rings (SSSR count). The molecule has 0 radical (unpaired) electrons. The van der Waals surface area contributed by atoms with Gasteiger partial charge in [-0.2, -0.15) is 9.90 Å². The number of amides is 1. The molecule has 7 heteroatoms. The Morgan fingerprint density at radius 1 is 1.27 bits per heavy atom. The normalized spacial score (nSPS) is 12.1. The number of carbonyl (C=O) groups excluding carboxylic acids is 1. The third-order valence-corrected chi connectivity index (χ3v) is 3.02. The van der Waals surface area contributed by atoms with Gasteiger partial charge >= 0.3 is 5.97 Å². The first-order valence-electron chi connectivity index (χ1n) is 6.99. The van der Waals surface area contributed by atoms with Gasteiger partial charge in [0.2, 0.25) is 0 Å². The second kappa shape index (κ2) is 6.84. The maximum absolute atomic E-state index is 12.1. The van der Waals surface area contributed by atoms with Gasteiger partial charge in [-0.25, -0.2) is 4.79 Å². The molecule has 0 saturated heterocycles. The zero-order valence-corrected chi connectivity index (χ0v) is 12.4. The highest BCUT2D eigenvalue weighted by atomic mass is 16.4. The Balaban J connectivity index is 2.10. The van der Waals surface area contributed by atoms with Gasteiger partial charge in [0, 0.05) is 0 Å². The molecule has 1 aromatic carbocycles. The van der Waals surface area contributed by atoms with Crippen molar-refractivity contribution in [2.45, 2.75) is 26.3 Å². The van der Waals surface area contributed by atoms with E-state index in [1.165, 1.54) is 11.0 Å². The van der Waals surface area contributed by atoms with Gasteiger partial charge in [0.05, 0.1) is 11.9 Å². The second-order valence-electron chi connectivity index (χ2n) is 5.35. The number of aliphatic carboxylic acids is 1. The number of hydrogen-bond acceptors (Lipinski definition) is 4. The number of nitrogens with one attached hydrogen (secondary N) is 1. The topological polar surface area (TPSA) is 97.1 Å². The van der Waals surface area contributed by atoms with Crippen LogP contribution in [0.3, 0.4) is 0 Å². The van der Waals surface area contributed by atoms with Crippen LogP contribution in [0.25, 0.3) is 5.69 Å². The van der Waals surface area contributed by atoms with Crippen molar-refractivity contribution in [3.05, 3.63) is 42.2 Å². The van der Waals surface area contributed by atoms with Gasteiger partial charge in [0.25, 0.3) is 5.91 Å². The van der Waals surface area contributed by atoms with Crippen molar-refractivity contribution >= 4 is 11.9 Å². The smallest absolute Gasteiger partial charge is 0.326 e. The average molecular weight is 302 g/mol. The van der Waals surface area contributed by atoms with Crippen molar-refractivity contribution < 1.29 is 14.7 Å². The molecular formula is C15H18N4O3. The Kier molecular flexibility index (Phi) is 4.88. The third-order valence-electron chi connectivity index (χ3n) is 3.02. The van der Waals surface area contributed by atoms with Crippen LogP contribution < -0.4 is 5.32 Å². The molecule has 0 aliphatic carbocycles. The number of benzene rings is 1. The van der Waals surface area contributed by atoms with E-state index in [4.69, 9.17) is 5.11 Å². The first kappa shape index (κ1) is 15.7. The molecule has 0 unspecified atom stereocenters. The molecule has 0 spiro atoms. The fourth-order valence-electron chi connectivity index (χ4n) is 1.98. The summed E-state index contributed by atoms with van der Waals surface area (Å²) in [6, 6.07) is 8.21. The lowest BCUT2D eigenvalue weighted by Crippen LogP contribution is -2.41. The molecule has 0 aliphatic heterocycles. The molecule has 1 heterocycles. The van der Waals surface area contributed by atoms with Crippen LogP contribution in [0.5, 0.6) is 0 Å². The van der Waals surface area contributed by atoms with Crippen molar-refractivity contribution in [2.75, 3.05) is 0 Å². The van der Waals surface area contributed by atoms with Gasteiger partial charge in [-0.1, -0.05) is 32.0 Å². The maximum atomic E-state index is 12.1. The summed E-state index contributed by atoms with van der Waals surface area (Å²) in [5.74, 6) is -1.45. The summed E-state index contributed by atoms with van der Waals surface area (Å²) >= 11 is 0. The molecule has 0 bridgehead atoms. The predicted octanol–water partition coefficient (Wildman–Crippen LogP) is 1.50. The molecule has 1 atom stereocenters. The Hall–Kier alpha value is -2.70. The van der Waals surface area contributed by atoms with Crippen molar-refractivity contribution in [3.63, 3.8) is 0 Å². The molecule has 22 heavy (non-hydrogen) atoms. The summed E-state index contributed by atoms with van der Waals surface area (Å²) in [7, 11) is 0. The number of carboxylic acids is 1. The molecule has 2 N–H and O–H groups in total. The number of nitrogens with zero attached hydrogens (tertiary/aromatic N) is 3. The van der Waals surface area contributed by atoms with E-state index in [0.29, 0.717) is 6.42 Å². The third kappa shape index (κ3) is 3.91. The minimum Gasteiger partial charge on any atom is -0.480 e. The quantitative estimate of drug-likeness (QED) is 0.842. The summed E-state index contributed by atoms with van der Waals surface area (Å²) in [5, 5.41) is 19.7. The zero-order chi connectivity index (χ0) is 16.1. The fourth-order valence-corrected chi connectivity index (χ4v) is 1.98. The molecule has 116 valence electrons. The number of carboxylic acid groups (broad SMARTS) is 1. The number of aromatic nitrogens is 3. The summed E-state index contributed by atoms with van der Waals surface area (Å²) in [6.45, 7) is 3.79. The van der Waals surface area contributed by atoms with E-state index in [-0.39, 0.29) is 11.6 Å². The highest BCUT2D eigenvalue weighted by Gasteiger charge is 2.23. The van der Waals surface area contributed by atoms with Crippen LogP contribution in [0.1, 0.15) is 30.8 Å². The van der Waals surface area contributed by atoms with E-state index in [1.54, 1.807) is 12.1 Å². The first-order valence-corrected chi connectivity index (χ1v) is 6.99. The molecule has 0 saturated carbocycles. The van der Waals surface area contributed by atoms with Gasteiger partial charge in [-0.15, -0.1) is 5.10 Å². The Bertz CT molecular complexity index is 652. The highest BCUT2D eigenvalue weighted by Crippen LogP contribution is 2.07. The minimum absolute atomic E-state index is 0.0823. The molecule has 1 aromatic heterocycles. The number of rotatable bonds is 6. The van der Waals surface area contributed by atoms with Crippen LogP contribution in [-0.2, 0) is 4.79 Å². The average Bonchev–Trinajstić information content (AvgIpc) is 2.96. The fraction of sp³-hybridized carbons (Fsp3) is 0.333. The lowest BCUT2D eigenvalue weighted by molar-refractivity contribution is -0.139. The van der Waals surface area contributed by atoms with Gasteiger partial charge in [0.15, 0.2) is 5.69 Å². The van der Waals surface area contributed by atoms with E-state index in [2.05, 4.69) is 15.5 Å². The SMILES string of the molecule is CC(C)C[C@@H](NC(=O)c1cnn(-c2ccccc2)n1)C(=O)O. The van der Waals surface area contributed by atoms with E-state index >= 15 is 0 Å².